The Kier molecular flexibility index (Phi) is 5.69. The van der Waals surface area contributed by atoms with Gasteiger partial charge < -0.3 is 0 Å². The minimum atomic E-state index is -3.36. The van der Waals surface area contributed by atoms with Crippen LogP contribution < -0.4 is 0 Å². The summed E-state index contributed by atoms with van der Waals surface area (Å²) in [5, 5.41) is 0. The molecule has 1 heterocycles. The third-order valence-corrected chi connectivity index (χ3v) is 6.53. The molecule has 0 N–H and O–H groups in total. The second kappa shape index (κ2) is 7.98. The first-order chi connectivity index (χ1) is 12.5. The number of carbonyl (C=O) groups excluding carboxylic acids is 1. The van der Waals surface area contributed by atoms with E-state index >= 15 is 0 Å². The summed E-state index contributed by atoms with van der Waals surface area (Å²) in [5.74, 6) is -0.353. The molecule has 1 atom stereocenters. The zero-order chi connectivity index (χ0) is 18.6. The predicted molar refractivity (Wildman–Crippen MR) is 104 cm³/mol. The van der Waals surface area contributed by atoms with E-state index in [-0.39, 0.29) is 24.0 Å². The molecule has 2 aromatic carbocycles. The van der Waals surface area contributed by atoms with Crippen LogP contribution in [0.2, 0.25) is 0 Å². The van der Waals surface area contributed by atoms with Crippen LogP contribution in [0.1, 0.15) is 23.2 Å². The van der Waals surface area contributed by atoms with Crippen molar-refractivity contribution in [1.82, 2.24) is 4.31 Å². The highest BCUT2D eigenvalue weighted by Gasteiger charge is 2.32. The Bertz CT molecular complexity index is 873. The van der Waals surface area contributed by atoms with E-state index in [1.807, 2.05) is 54.6 Å². The summed E-state index contributed by atoms with van der Waals surface area (Å²) in [4.78, 5) is 12.8. The molecule has 1 saturated heterocycles. The van der Waals surface area contributed by atoms with Crippen molar-refractivity contribution in [3.8, 4) is 11.1 Å². The fourth-order valence-electron chi connectivity index (χ4n) is 3.36. The van der Waals surface area contributed by atoms with Crippen LogP contribution in [0, 0.1) is 5.92 Å². The molecule has 0 aliphatic carbocycles. The average molecular weight is 369 g/mol. The number of sulfonamides is 1. The van der Waals surface area contributed by atoms with Gasteiger partial charge in [0, 0.05) is 24.6 Å². The third kappa shape index (κ3) is 4.11. The number of benzene rings is 2. The highest BCUT2D eigenvalue weighted by Crippen LogP contribution is 2.25. The maximum atomic E-state index is 12.8. The van der Waals surface area contributed by atoms with Gasteiger partial charge in [0.25, 0.3) is 0 Å². The van der Waals surface area contributed by atoms with Crippen LogP contribution in [0.25, 0.3) is 11.1 Å². The number of ketones is 1. The zero-order valence-corrected chi connectivity index (χ0v) is 15.5. The summed E-state index contributed by atoms with van der Waals surface area (Å²) in [6, 6.07) is 17.5. The minimum absolute atomic E-state index is 0.0168. The quantitative estimate of drug-likeness (QED) is 0.575. The number of piperidine rings is 1. The Labute approximate surface area is 155 Å². The Morgan fingerprint density at radius 2 is 1.73 bits per heavy atom. The first kappa shape index (κ1) is 18.5. The van der Waals surface area contributed by atoms with Crippen LogP contribution in [0.4, 0.5) is 0 Å². The van der Waals surface area contributed by atoms with Crippen LogP contribution in [0.3, 0.4) is 0 Å². The number of hydrogen-bond acceptors (Lipinski definition) is 3. The van der Waals surface area contributed by atoms with Crippen molar-refractivity contribution < 1.29 is 13.2 Å². The van der Waals surface area contributed by atoms with Gasteiger partial charge in [-0.25, -0.2) is 12.7 Å². The molecule has 3 rings (SSSR count). The normalized spacial score (nSPS) is 18.4. The fraction of sp³-hybridized carbons (Fsp3) is 0.286. The van der Waals surface area contributed by atoms with Gasteiger partial charge in [-0.15, -0.1) is 6.58 Å². The van der Waals surface area contributed by atoms with Crippen LogP contribution in [-0.4, -0.2) is 37.3 Å². The van der Waals surface area contributed by atoms with Crippen LogP contribution in [0.15, 0.2) is 67.3 Å². The lowest BCUT2D eigenvalue weighted by Gasteiger charge is -2.31. The summed E-state index contributed by atoms with van der Waals surface area (Å²) in [7, 11) is -3.36. The molecule has 4 nitrogen and oxygen atoms in total. The summed E-state index contributed by atoms with van der Waals surface area (Å²) < 4.78 is 25.9. The minimum Gasteiger partial charge on any atom is -0.294 e. The van der Waals surface area contributed by atoms with Gasteiger partial charge in [0.1, 0.15) is 0 Å². The van der Waals surface area contributed by atoms with E-state index < -0.39 is 10.0 Å². The van der Waals surface area contributed by atoms with Crippen LogP contribution in [0.5, 0.6) is 0 Å². The second-order valence-corrected chi connectivity index (χ2v) is 8.59. The van der Waals surface area contributed by atoms with Gasteiger partial charge in [0.2, 0.25) is 10.0 Å². The standard InChI is InChI=1S/C21H23NO3S/c1-2-15-26(24,25)22-14-6-9-20(16-22)21(23)19-12-10-18(11-13-19)17-7-4-3-5-8-17/h2-5,7-8,10-13,20H,1,6,9,14-16H2. The van der Waals surface area contributed by atoms with Crippen molar-refractivity contribution in [1.29, 1.82) is 0 Å². The first-order valence-electron chi connectivity index (χ1n) is 8.79. The summed E-state index contributed by atoms with van der Waals surface area (Å²) >= 11 is 0. The van der Waals surface area contributed by atoms with Crippen molar-refractivity contribution in [3.63, 3.8) is 0 Å². The third-order valence-electron chi connectivity index (χ3n) is 4.75. The lowest BCUT2D eigenvalue weighted by atomic mass is 9.90. The molecular formula is C21H23NO3S. The molecule has 136 valence electrons. The van der Waals surface area contributed by atoms with Crippen molar-refractivity contribution in [2.45, 2.75) is 12.8 Å². The van der Waals surface area contributed by atoms with E-state index in [0.717, 1.165) is 17.5 Å². The highest BCUT2D eigenvalue weighted by molar-refractivity contribution is 7.89. The van der Waals surface area contributed by atoms with Gasteiger partial charge in [-0.05, 0) is 24.0 Å². The lowest BCUT2D eigenvalue weighted by molar-refractivity contribution is 0.0872. The lowest BCUT2D eigenvalue weighted by Crippen LogP contribution is -2.43. The highest BCUT2D eigenvalue weighted by atomic mass is 32.2. The van der Waals surface area contributed by atoms with Gasteiger partial charge in [-0.1, -0.05) is 60.7 Å². The predicted octanol–water partition coefficient (Wildman–Crippen LogP) is 3.76. The number of Topliss-reactive ketones (excluding diaryl/α,β-unsaturated/α-hetero) is 1. The average Bonchev–Trinajstić information content (AvgIpc) is 2.68. The van der Waals surface area contributed by atoms with Crippen molar-refractivity contribution in [2.24, 2.45) is 5.92 Å². The van der Waals surface area contributed by atoms with Crippen molar-refractivity contribution in [3.05, 3.63) is 72.8 Å². The molecule has 0 spiro atoms. The molecule has 0 bridgehead atoms. The smallest absolute Gasteiger partial charge is 0.217 e. The molecule has 2 aromatic rings. The summed E-state index contributed by atoms with van der Waals surface area (Å²) in [6.07, 6.45) is 2.82. The first-order valence-corrected chi connectivity index (χ1v) is 10.4. The molecule has 1 aliphatic rings. The van der Waals surface area contributed by atoms with Gasteiger partial charge >= 0.3 is 0 Å². The van der Waals surface area contributed by atoms with Crippen molar-refractivity contribution >= 4 is 15.8 Å². The Morgan fingerprint density at radius 3 is 2.38 bits per heavy atom. The topological polar surface area (TPSA) is 54.5 Å². The Balaban J connectivity index is 1.73. The molecule has 0 saturated carbocycles. The van der Waals surface area contributed by atoms with Gasteiger partial charge in [-0.2, -0.15) is 0 Å². The van der Waals surface area contributed by atoms with E-state index in [9.17, 15) is 13.2 Å². The molecule has 1 fully saturated rings. The van der Waals surface area contributed by atoms with Crippen LogP contribution >= 0.6 is 0 Å². The van der Waals surface area contributed by atoms with Gasteiger partial charge in [-0.3, -0.25) is 4.79 Å². The number of hydrogen-bond donors (Lipinski definition) is 0. The van der Waals surface area contributed by atoms with Gasteiger partial charge in [0.05, 0.1) is 5.75 Å². The van der Waals surface area contributed by atoms with Crippen LogP contribution in [-0.2, 0) is 10.0 Å². The molecule has 0 radical (unpaired) electrons. The number of rotatable bonds is 6. The summed E-state index contributed by atoms with van der Waals surface area (Å²) in [6.45, 7) is 4.24. The Morgan fingerprint density at radius 1 is 1.08 bits per heavy atom. The molecule has 1 unspecified atom stereocenters. The Hall–Kier alpha value is -2.24. The van der Waals surface area contributed by atoms with Gasteiger partial charge in [0.15, 0.2) is 5.78 Å². The molecule has 5 heteroatoms. The number of nitrogens with zero attached hydrogens (tertiary/aromatic N) is 1. The SMILES string of the molecule is C=CCS(=O)(=O)N1CCCC(C(=O)c2ccc(-c3ccccc3)cc2)C1. The maximum Gasteiger partial charge on any atom is 0.217 e. The monoisotopic (exact) mass is 369 g/mol. The van der Waals surface area contributed by atoms with E-state index in [2.05, 4.69) is 6.58 Å². The molecule has 0 aromatic heterocycles. The molecule has 26 heavy (non-hydrogen) atoms. The van der Waals surface area contributed by atoms with E-state index in [1.165, 1.54) is 10.4 Å². The molecule has 0 amide bonds. The van der Waals surface area contributed by atoms with E-state index in [4.69, 9.17) is 0 Å². The van der Waals surface area contributed by atoms with Crippen molar-refractivity contribution in [2.75, 3.05) is 18.8 Å². The van der Waals surface area contributed by atoms with E-state index in [1.54, 1.807) is 0 Å². The second-order valence-electron chi connectivity index (χ2n) is 6.57. The largest absolute Gasteiger partial charge is 0.294 e. The molecular weight excluding hydrogens is 346 g/mol. The fourth-order valence-corrected chi connectivity index (χ4v) is 4.68. The zero-order valence-electron chi connectivity index (χ0n) is 14.7. The van der Waals surface area contributed by atoms with E-state index in [0.29, 0.717) is 18.5 Å². The molecule has 1 aliphatic heterocycles. The maximum absolute atomic E-state index is 12.8. The summed E-state index contributed by atoms with van der Waals surface area (Å²) in [5.41, 5.74) is 2.80. The number of carbonyl (C=O) groups is 1.